The molecule has 1 N–H and O–H groups in total. The maximum absolute atomic E-state index is 3.45. The van der Waals surface area contributed by atoms with Crippen LogP contribution in [0.5, 0.6) is 0 Å². The summed E-state index contributed by atoms with van der Waals surface area (Å²) in [6, 6.07) is 17.7. The van der Waals surface area contributed by atoms with Crippen molar-refractivity contribution in [1.29, 1.82) is 0 Å². The van der Waals surface area contributed by atoms with Crippen molar-refractivity contribution in [3.05, 3.63) is 58.6 Å². The standard InChI is InChI=1S/C16H18BrNS/c1-12(2)18-11-13-3-7-15(8-4-13)19-16-9-5-14(17)6-10-16/h3-10,12,18H,11H2,1-2H3. The third-order valence-corrected chi connectivity index (χ3v) is 4.23. The molecule has 2 rings (SSSR count). The third-order valence-electron chi connectivity index (χ3n) is 2.69. The van der Waals surface area contributed by atoms with Crippen molar-refractivity contribution in [2.45, 2.75) is 36.2 Å². The van der Waals surface area contributed by atoms with Gasteiger partial charge in [0.2, 0.25) is 0 Å². The van der Waals surface area contributed by atoms with E-state index in [-0.39, 0.29) is 0 Å². The van der Waals surface area contributed by atoms with Gasteiger partial charge in [-0.15, -0.1) is 0 Å². The molecule has 0 saturated heterocycles. The topological polar surface area (TPSA) is 12.0 Å². The molecule has 3 heteroatoms. The SMILES string of the molecule is CC(C)NCc1ccc(Sc2ccc(Br)cc2)cc1. The zero-order valence-corrected chi connectivity index (χ0v) is 13.6. The van der Waals surface area contributed by atoms with Crippen molar-refractivity contribution < 1.29 is 0 Å². The molecule has 1 nitrogen and oxygen atoms in total. The van der Waals surface area contributed by atoms with E-state index in [2.05, 4.69) is 83.6 Å². The van der Waals surface area contributed by atoms with Gasteiger partial charge < -0.3 is 5.32 Å². The molecule has 0 atom stereocenters. The molecule has 0 aliphatic rings. The van der Waals surface area contributed by atoms with Gasteiger partial charge in [0.1, 0.15) is 0 Å². The Balaban J connectivity index is 1.96. The van der Waals surface area contributed by atoms with Crippen LogP contribution in [0.4, 0.5) is 0 Å². The molecular formula is C16H18BrNS. The second-order valence-corrected chi connectivity index (χ2v) is 6.80. The van der Waals surface area contributed by atoms with Crippen LogP contribution in [0.25, 0.3) is 0 Å². The van der Waals surface area contributed by atoms with Crippen molar-refractivity contribution in [2.24, 2.45) is 0 Å². The van der Waals surface area contributed by atoms with Crippen LogP contribution in [0.2, 0.25) is 0 Å². The average molecular weight is 336 g/mol. The van der Waals surface area contributed by atoms with Crippen LogP contribution in [0.3, 0.4) is 0 Å². The minimum Gasteiger partial charge on any atom is -0.310 e. The van der Waals surface area contributed by atoms with Gasteiger partial charge in [-0.2, -0.15) is 0 Å². The molecule has 0 radical (unpaired) electrons. The summed E-state index contributed by atoms with van der Waals surface area (Å²) >= 11 is 5.24. The lowest BCUT2D eigenvalue weighted by atomic mass is 10.2. The van der Waals surface area contributed by atoms with Crippen LogP contribution >= 0.6 is 27.7 Å². The first-order chi connectivity index (χ1) is 9.13. The van der Waals surface area contributed by atoms with Gasteiger partial charge in [0.05, 0.1) is 0 Å². The Bertz CT molecular complexity index is 505. The zero-order chi connectivity index (χ0) is 13.7. The smallest absolute Gasteiger partial charge is 0.0207 e. The summed E-state index contributed by atoms with van der Waals surface area (Å²) in [7, 11) is 0. The fourth-order valence-electron chi connectivity index (χ4n) is 1.64. The minimum absolute atomic E-state index is 0.525. The van der Waals surface area contributed by atoms with Crippen molar-refractivity contribution in [1.82, 2.24) is 5.32 Å². The molecule has 19 heavy (non-hydrogen) atoms. The predicted octanol–water partition coefficient (Wildman–Crippen LogP) is 5.10. The second kappa shape index (κ2) is 7.13. The van der Waals surface area contributed by atoms with Crippen LogP contribution in [0.15, 0.2) is 62.8 Å². The van der Waals surface area contributed by atoms with Crippen LogP contribution in [-0.4, -0.2) is 6.04 Å². The van der Waals surface area contributed by atoms with Crippen molar-refractivity contribution in [3.8, 4) is 0 Å². The summed E-state index contributed by atoms with van der Waals surface area (Å²) in [5.41, 5.74) is 1.33. The Morgan fingerprint density at radius 2 is 1.47 bits per heavy atom. The zero-order valence-electron chi connectivity index (χ0n) is 11.2. The fourth-order valence-corrected chi connectivity index (χ4v) is 2.72. The maximum Gasteiger partial charge on any atom is 0.0207 e. The first-order valence-corrected chi connectivity index (χ1v) is 8.00. The van der Waals surface area contributed by atoms with E-state index >= 15 is 0 Å². The first kappa shape index (κ1) is 14.6. The summed E-state index contributed by atoms with van der Waals surface area (Å²) < 4.78 is 1.12. The number of rotatable bonds is 5. The van der Waals surface area contributed by atoms with Gasteiger partial charge in [-0.05, 0) is 42.0 Å². The van der Waals surface area contributed by atoms with Crippen LogP contribution in [0, 0.1) is 0 Å². The quantitative estimate of drug-likeness (QED) is 0.815. The van der Waals surface area contributed by atoms with E-state index in [9.17, 15) is 0 Å². The molecule has 2 aromatic rings. The molecule has 0 amide bonds. The van der Waals surface area contributed by atoms with Gasteiger partial charge in [-0.1, -0.05) is 53.7 Å². The number of nitrogens with one attached hydrogen (secondary N) is 1. The van der Waals surface area contributed by atoms with Gasteiger partial charge in [0, 0.05) is 26.9 Å². The van der Waals surface area contributed by atoms with Crippen molar-refractivity contribution >= 4 is 27.7 Å². The Morgan fingerprint density at radius 1 is 0.947 bits per heavy atom. The Hall–Kier alpha value is -0.770. The summed E-state index contributed by atoms with van der Waals surface area (Å²) in [5, 5.41) is 3.43. The molecule has 0 aliphatic heterocycles. The molecule has 0 saturated carbocycles. The third kappa shape index (κ3) is 5.01. The van der Waals surface area contributed by atoms with Crippen molar-refractivity contribution in [2.75, 3.05) is 0 Å². The van der Waals surface area contributed by atoms with Gasteiger partial charge in [-0.3, -0.25) is 0 Å². The van der Waals surface area contributed by atoms with Crippen molar-refractivity contribution in [3.63, 3.8) is 0 Å². The Kier molecular flexibility index (Phi) is 5.49. The molecule has 2 aromatic carbocycles. The summed E-state index contributed by atoms with van der Waals surface area (Å²) in [4.78, 5) is 2.53. The fraction of sp³-hybridized carbons (Fsp3) is 0.250. The average Bonchev–Trinajstić information content (AvgIpc) is 2.40. The van der Waals surface area contributed by atoms with Gasteiger partial charge >= 0.3 is 0 Å². The molecule has 0 fully saturated rings. The predicted molar refractivity (Wildman–Crippen MR) is 86.7 cm³/mol. The normalized spacial score (nSPS) is 10.9. The number of hydrogen-bond acceptors (Lipinski definition) is 2. The largest absolute Gasteiger partial charge is 0.310 e. The van der Waals surface area contributed by atoms with E-state index < -0.39 is 0 Å². The molecule has 0 bridgehead atoms. The molecule has 0 aliphatic carbocycles. The summed E-state index contributed by atoms with van der Waals surface area (Å²) in [6.07, 6.45) is 0. The number of hydrogen-bond donors (Lipinski definition) is 1. The van der Waals surface area contributed by atoms with Crippen LogP contribution in [-0.2, 0) is 6.54 Å². The highest BCUT2D eigenvalue weighted by Crippen LogP contribution is 2.28. The van der Waals surface area contributed by atoms with Crippen LogP contribution < -0.4 is 5.32 Å². The first-order valence-electron chi connectivity index (χ1n) is 6.39. The maximum atomic E-state index is 3.45. The lowest BCUT2D eigenvalue weighted by molar-refractivity contribution is 0.588. The highest BCUT2D eigenvalue weighted by molar-refractivity contribution is 9.10. The number of benzene rings is 2. The Labute approximate surface area is 127 Å². The summed E-state index contributed by atoms with van der Waals surface area (Å²) in [6.45, 7) is 5.26. The second-order valence-electron chi connectivity index (χ2n) is 4.74. The van der Waals surface area contributed by atoms with E-state index in [0.717, 1.165) is 11.0 Å². The lowest BCUT2D eigenvalue weighted by Gasteiger charge is -2.08. The van der Waals surface area contributed by atoms with E-state index in [4.69, 9.17) is 0 Å². The molecule has 100 valence electrons. The highest BCUT2D eigenvalue weighted by Gasteiger charge is 1.99. The highest BCUT2D eigenvalue weighted by atomic mass is 79.9. The molecule has 0 aromatic heterocycles. The molecule has 0 spiro atoms. The van der Waals surface area contributed by atoms with E-state index in [1.807, 2.05) is 0 Å². The van der Waals surface area contributed by atoms with Gasteiger partial charge in [0.15, 0.2) is 0 Å². The Morgan fingerprint density at radius 3 is 2.00 bits per heavy atom. The number of halogens is 1. The molecule has 0 heterocycles. The van der Waals surface area contributed by atoms with Gasteiger partial charge in [-0.25, -0.2) is 0 Å². The van der Waals surface area contributed by atoms with Crippen LogP contribution in [0.1, 0.15) is 19.4 Å². The van der Waals surface area contributed by atoms with E-state index in [0.29, 0.717) is 6.04 Å². The monoisotopic (exact) mass is 335 g/mol. The summed E-state index contributed by atoms with van der Waals surface area (Å²) in [5.74, 6) is 0. The molecular weight excluding hydrogens is 318 g/mol. The van der Waals surface area contributed by atoms with E-state index in [1.165, 1.54) is 15.4 Å². The van der Waals surface area contributed by atoms with E-state index in [1.54, 1.807) is 11.8 Å². The molecule has 0 unspecified atom stereocenters. The lowest BCUT2D eigenvalue weighted by Crippen LogP contribution is -2.21. The minimum atomic E-state index is 0.525. The van der Waals surface area contributed by atoms with Gasteiger partial charge in [0.25, 0.3) is 0 Å².